The number of carbonyl (C=O) groups is 2. The van der Waals surface area contributed by atoms with Crippen LogP contribution in [0.4, 0.5) is 23.2 Å². The molecule has 1 amide bonds. The first-order valence-electron chi connectivity index (χ1n) is 9.28. The van der Waals surface area contributed by atoms with Crippen molar-refractivity contribution >= 4 is 17.4 Å². The van der Waals surface area contributed by atoms with E-state index in [1.54, 1.807) is 0 Å². The highest BCUT2D eigenvalue weighted by molar-refractivity contribution is 6.07. The Labute approximate surface area is 164 Å². The second-order valence-corrected chi connectivity index (χ2v) is 7.19. The molecule has 0 fully saturated rings. The number of benzene rings is 2. The van der Waals surface area contributed by atoms with Crippen LogP contribution in [-0.2, 0) is 15.8 Å². The van der Waals surface area contributed by atoms with Crippen LogP contribution in [-0.4, -0.2) is 11.7 Å². The maximum atomic E-state index is 13.6. The lowest BCUT2D eigenvalue weighted by molar-refractivity contribution is -0.137. The molecule has 0 saturated carbocycles. The summed E-state index contributed by atoms with van der Waals surface area (Å²) in [5, 5.41) is 0. The SMILES string of the molecule is O=C1CCCC2=C1C(c1ccc(F)cc1)CC(=O)N2c1ccccc1C(F)(F)F. The minimum atomic E-state index is -4.63. The number of nitrogens with zero attached hydrogens (tertiary/aromatic N) is 1. The van der Waals surface area contributed by atoms with Crippen molar-refractivity contribution in [1.82, 2.24) is 0 Å². The van der Waals surface area contributed by atoms with E-state index in [9.17, 15) is 27.2 Å². The number of amides is 1. The monoisotopic (exact) mass is 403 g/mol. The van der Waals surface area contributed by atoms with Crippen LogP contribution in [0.3, 0.4) is 0 Å². The molecule has 0 saturated heterocycles. The predicted molar refractivity (Wildman–Crippen MR) is 98.6 cm³/mol. The quantitative estimate of drug-likeness (QED) is 0.632. The van der Waals surface area contributed by atoms with Gasteiger partial charge in [0.1, 0.15) is 5.82 Å². The van der Waals surface area contributed by atoms with Gasteiger partial charge in [-0.2, -0.15) is 13.2 Å². The van der Waals surface area contributed by atoms with Crippen molar-refractivity contribution in [3.8, 4) is 0 Å². The van der Waals surface area contributed by atoms with E-state index in [0.29, 0.717) is 29.7 Å². The van der Waals surface area contributed by atoms with Gasteiger partial charge in [0.05, 0.1) is 11.3 Å². The Hall–Kier alpha value is -2.96. The van der Waals surface area contributed by atoms with Gasteiger partial charge in [-0.05, 0) is 42.7 Å². The van der Waals surface area contributed by atoms with Gasteiger partial charge in [-0.15, -0.1) is 0 Å². The number of hydrogen-bond acceptors (Lipinski definition) is 2. The van der Waals surface area contributed by atoms with Crippen molar-refractivity contribution in [2.75, 3.05) is 4.90 Å². The molecule has 2 aliphatic rings. The molecule has 0 radical (unpaired) electrons. The molecule has 150 valence electrons. The zero-order chi connectivity index (χ0) is 20.8. The van der Waals surface area contributed by atoms with Gasteiger partial charge in [0, 0.05) is 30.0 Å². The number of carbonyl (C=O) groups excluding carboxylic acids is 2. The predicted octanol–water partition coefficient (Wildman–Crippen LogP) is 5.37. The summed E-state index contributed by atoms with van der Waals surface area (Å²) < 4.78 is 54.0. The van der Waals surface area contributed by atoms with Crippen molar-refractivity contribution in [3.05, 3.63) is 76.7 Å². The Morgan fingerprint density at radius 3 is 2.31 bits per heavy atom. The molecule has 0 aromatic heterocycles. The summed E-state index contributed by atoms with van der Waals surface area (Å²) in [6.45, 7) is 0. The number of allylic oxidation sites excluding steroid dienone is 2. The molecule has 1 aliphatic heterocycles. The van der Waals surface area contributed by atoms with E-state index in [4.69, 9.17) is 0 Å². The van der Waals surface area contributed by atoms with Crippen molar-refractivity contribution in [2.45, 2.75) is 37.8 Å². The maximum Gasteiger partial charge on any atom is 0.418 e. The minimum absolute atomic E-state index is 0.150. The van der Waals surface area contributed by atoms with E-state index in [0.717, 1.165) is 11.0 Å². The van der Waals surface area contributed by atoms with Gasteiger partial charge in [0.25, 0.3) is 0 Å². The molecule has 2 aromatic carbocycles. The van der Waals surface area contributed by atoms with Gasteiger partial charge >= 0.3 is 6.18 Å². The Balaban J connectivity index is 1.89. The molecule has 1 aliphatic carbocycles. The lowest BCUT2D eigenvalue weighted by Gasteiger charge is -2.39. The van der Waals surface area contributed by atoms with Crippen LogP contribution in [0.15, 0.2) is 59.8 Å². The number of halogens is 4. The zero-order valence-electron chi connectivity index (χ0n) is 15.3. The Morgan fingerprint density at radius 2 is 1.62 bits per heavy atom. The molecule has 3 nitrogen and oxygen atoms in total. The average molecular weight is 403 g/mol. The Kier molecular flexibility index (Phi) is 4.76. The molecule has 1 atom stereocenters. The summed E-state index contributed by atoms with van der Waals surface area (Å²) in [5.41, 5.74) is 0.109. The van der Waals surface area contributed by atoms with Crippen molar-refractivity contribution in [2.24, 2.45) is 0 Å². The second-order valence-electron chi connectivity index (χ2n) is 7.19. The van der Waals surface area contributed by atoms with E-state index in [1.807, 2.05) is 0 Å². The summed E-state index contributed by atoms with van der Waals surface area (Å²) in [6, 6.07) is 10.4. The minimum Gasteiger partial charge on any atom is -0.294 e. The highest BCUT2D eigenvalue weighted by atomic mass is 19.4. The molecule has 0 spiro atoms. The van der Waals surface area contributed by atoms with Crippen LogP contribution in [0, 0.1) is 5.82 Å². The van der Waals surface area contributed by atoms with E-state index in [-0.39, 0.29) is 24.3 Å². The van der Waals surface area contributed by atoms with E-state index in [2.05, 4.69) is 0 Å². The van der Waals surface area contributed by atoms with Crippen LogP contribution < -0.4 is 4.90 Å². The summed E-state index contributed by atoms with van der Waals surface area (Å²) in [6.07, 6.45) is -3.71. The van der Waals surface area contributed by atoms with Gasteiger partial charge in [-0.25, -0.2) is 4.39 Å². The summed E-state index contributed by atoms with van der Waals surface area (Å²) >= 11 is 0. The molecule has 0 bridgehead atoms. The Bertz CT molecular complexity index is 1010. The van der Waals surface area contributed by atoms with Crippen molar-refractivity contribution in [1.29, 1.82) is 0 Å². The highest BCUT2D eigenvalue weighted by Gasteiger charge is 2.43. The molecular weight excluding hydrogens is 386 g/mol. The molecule has 2 aromatic rings. The Morgan fingerprint density at radius 1 is 0.931 bits per heavy atom. The molecule has 7 heteroatoms. The summed E-state index contributed by atoms with van der Waals surface area (Å²) in [4.78, 5) is 26.8. The zero-order valence-corrected chi connectivity index (χ0v) is 15.3. The lowest BCUT2D eigenvalue weighted by Crippen LogP contribution is -2.41. The number of hydrogen-bond donors (Lipinski definition) is 0. The lowest BCUT2D eigenvalue weighted by atomic mass is 9.77. The van der Waals surface area contributed by atoms with Crippen molar-refractivity contribution < 1.29 is 27.2 Å². The number of rotatable bonds is 2. The van der Waals surface area contributed by atoms with Gasteiger partial charge < -0.3 is 0 Å². The number of ketones is 1. The molecule has 29 heavy (non-hydrogen) atoms. The standard InChI is InChI=1S/C22H17F4NO2/c23-14-10-8-13(9-11-14)15-12-20(29)27(18-6-3-7-19(28)21(15)18)17-5-2-1-4-16(17)22(24,25)26/h1-2,4-5,8-11,15H,3,6-7,12H2. The molecule has 1 unspecified atom stereocenters. The molecular formula is C22H17F4NO2. The fourth-order valence-corrected chi connectivity index (χ4v) is 4.16. The van der Waals surface area contributed by atoms with Gasteiger partial charge in [-0.1, -0.05) is 24.3 Å². The maximum absolute atomic E-state index is 13.6. The van der Waals surface area contributed by atoms with Gasteiger partial charge in [0.2, 0.25) is 5.91 Å². The van der Waals surface area contributed by atoms with Gasteiger partial charge in [-0.3, -0.25) is 14.5 Å². The number of anilines is 1. The van der Waals surface area contributed by atoms with Crippen molar-refractivity contribution in [3.63, 3.8) is 0 Å². The van der Waals surface area contributed by atoms with E-state index < -0.39 is 29.4 Å². The van der Waals surface area contributed by atoms with E-state index >= 15 is 0 Å². The second kappa shape index (κ2) is 7.13. The number of Topliss-reactive ketones (excluding diaryl/α,β-unsaturated/α-hetero) is 1. The third-order valence-electron chi connectivity index (χ3n) is 5.40. The van der Waals surface area contributed by atoms with Crippen LogP contribution in [0.2, 0.25) is 0 Å². The van der Waals surface area contributed by atoms with Crippen LogP contribution >= 0.6 is 0 Å². The molecule has 1 heterocycles. The first-order chi connectivity index (χ1) is 13.8. The third kappa shape index (κ3) is 3.45. The molecule has 0 N–H and O–H groups in total. The average Bonchev–Trinajstić information content (AvgIpc) is 2.67. The topological polar surface area (TPSA) is 37.4 Å². The van der Waals surface area contributed by atoms with Crippen LogP contribution in [0.5, 0.6) is 0 Å². The highest BCUT2D eigenvalue weighted by Crippen LogP contribution is 2.46. The van der Waals surface area contributed by atoms with E-state index in [1.165, 1.54) is 42.5 Å². The first-order valence-corrected chi connectivity index (χ1v) is 9.28. The third-order valence-corrected chi connectivity index (χ3v) is 5.40. The number of alkyl halides is 3. The fourth-order valence-electron chi connectivity index (χ4n) is 4.16. The molecule has 4 rings (SSSR count). The summed E-state index contributed by atoms with van der Waals surface area (Å²) in [7, 11) is 0. The first kappa shape index (κ1) is 19.4. The number of para-hydroxylation sites is 1. The smallest absolute Gasteiger partial charge is 0.294 e. The van der Waals surface area contributed by atoms with Crippen LogP contribution in [0.25, 0.3) is 0 Å². The summed E-state index contributed by atoms with van der Waals surface area (Å²) in [5.74, 6) is -1.71. The van der Waals surface area contributed by atoms with Gasteiger partial charge in [0.15, 0.2) is 5.78 Å². The normalized spacial score (nSPS) is 20.1. The largest absolute Gasteiger partial charge is 0.418 e. The fraction of sp³-hybridized carbons (Fsp3) is 0.273. The van der Waals surface area contributed by atoms with Crippen LogP contribution in [0.1, 0.15) is 42.7 Å².